The van der Waals surface area contributed by atoms with Crippen molar-refractivity contribution in [2.24, 2.45) is 0 Å². The summed E-state index contributed by atoms with van der Waals surface area (Å²) < 4.78 is 27.5. The highest BCUT2D eigenvalue weighted by Gasteiger charge is 2.18. The molecule has 0 fully saturated rings. The Balaban J connectivity index is 1.48. The van der Waals surface area contributed by atoms with E-state index in [1.807, 2.05) is 30.3 Å². The predicted molar refractivity (Wildman–Crippen MR) is 124 cm³/mol. The van der Waals surface area contributed by atoms with E-state index >= 15 is 0 Å². The monoisotopic (exact) mass is 465 g/mol. The van der Waals surface area contributed by atoms with Gasteiger partial charge in [0.25, 0.3) is 15.9 Å². The molecule has 0 radical (unpaired) electrons. The molecule has 4 aromatic rings. The lowest BCUT2D eigenvalue weighted by molar-refractivity contribution is 0.103. The minimum absolute atomic E-state index is 0.00253. The topological polar surface area (TPSA) is 114 Å². The van der Waals surface area contributed by atoms with Crippen molar-refractivity contribution >= 4 is 38.9 Å². The van der Waals surface area contributed by atoms with Crippen molar-refractivity contribution < 1.29 is 13.2 Å². The van der Waals surface area contributed by atoms with Gasteiger partial charge in [0.2, 0.25) is 5.95 Å². The summed E-state index contributed by atoms with van der Waals surface area (Å²) in [7, 11) is -3.86. The van der Waals surface area contributed by atoms with Crippen LogP contribution in [0.3, 0.4) is 0 Å². The first-order chi connectivity index (χ1) is 15.3. The van der Waals surface area contributed by atoms with Gasteiger partial charge in [-0.1, -0.05) is 30.3 Å². The normalized spacial score (nSPS) is 11.2. The molecule has 0 unspecified atom stereocenters. The van der Waals surface area contributed by atoms with Crippen LogP contribution in [0.2, 0.25) is 0 Å². The molecule has 2 N–H and O–H groups in total. The van der Waals surface area contributed by atoms with Crippen molar-refractivity contribution in [3.05, 3.63) is 83.1 Å². The molecule has 4 rings (SSSR count). The summed E-state index contributed by atoms with van der Waals surface area (Å²) >= 11 is 1.31. The van der Waals surface area contributed by atoms with Crippen LogP contribution in [0, 0.1) is 13.8 Å². The van der Waals surface area contributed by atoms with Crippen LogP contribution in [0.4, 0.5) is 11.6 Å². The fourth-order valence-electron chi connectivity index (χ4n) is 2.89. The Hall–Kier alpha value is -3.63. The molecule has 8 nitrogen and oxygen atoms in total. The number of nitrogens with one attached hydrogen (secondary N) is 2. The molecule has 0 saturated carbocycles. The minimum atomic E-state index is -3.86. The molecule has 1 amide bonds. The molecule has 0 aliphatic carbocycles. The predicted octanol–water partition coefficient (Wildman–Crippen LogP) is 4.27. The van der Waals surface area contributed by atoms with Gasteiger partial charge in [0.15, 0.2) is 0 Å². The molecular formula is C22H19N5O3S2. The summed E-state index contributed by atoms with van der Waals surface area (Å²) in [4.78, 5) is 25.7. The van der Waals surface area contributed by atoms with Gasteiger partial charge < -0.3 is 5.32 Å². The van der Waals surface area contributed by atoms with Crippen molar-refractivity contribution in [3.63, 3.8) is 0 Å². The first kappa shape index (κ1) is 21.6. The Kier molecular flexibility index (Phi) is 5.97. The standard InChI is InChI=1S/C22H19N5O3S2/c1-14-12-13-23-22(24-14)27-32(29,30)18-10-8-17(9-11-18)26-20(28)19-15(2)25-21(31-19)16-6-4-3-5-7-16/h3-13H,1-2H3,(H,26,28)(H,23,24,27). The molecular weight excluding hydrogens is 446 g/mol. The number of aromatic nitrogens is 3. The van der Waals surface area contributed by atoms with Crippen LogP contribution in [0.25, 0.3) is 10.6 Å². The van der Waals surface area contributed by atoms with Crippen LogP contribution < -0.4 is 10.0 Å². The second-order valence-electron chi connectivity index (χ2n) is 6.91. The average molecular weight is 466 g/mol. The van der Waals surface area contributed by atoms with Gasteiger partial charge in [0, 0.05) is 23.1 Å². The molecule has 0 saturated heterocycles. The average Bonchev–Trinajstić information content (AvgIpc) is 3.16. The molecule has 10 heteroatoms. The van der Waals surface area contributed by atoms with E-state index in [1.54, 1.807) is 19.9 Å². The number of sulfonamides is 1. The van der Waals surface area contributed by atoms with Gasteiger partial charge in [-0.2, -0.15) is 0 Å². The van der Waals surface area contributed by atoms with Gasteiger partial charge in [-0.25, -0.2) is 28.1 Å². The maximum atomic E-state index is 12.7. The largest absolute Gasteiger partial charge is 0.321 e. The quantitative estimate of drug-likeness (QED) is 0.440. The van der Waals surface area contributed by atoms with Crippen molar-refractivity contribution in [3.8, 4) is 10.6 Å². The molecule has 32 heavy (non-hydrogen) atoms. The Morgan fingerprint density at radius 1 is 0.938 bits per heavy atom. The van der Waals surface area contributed by atoms with Gasteiger partial charge >= 0.3 is 0 Å². The third-order valence-electron chi connectivity index (χ3n) is 4.47. The van der Waals surface area contributed by atoms with Crippen LogP contribution in [0.15, 0.2) is 71.8 Å². The van der Waals surface area contributed by atoms with E-state index in [4.69, 9.17) is 0 Å². The number of carbonyl (C=O) groups is 1. The zero-order valence-electron chi connectivity index (χ0n) is 17.2. The molecule has 0 aliphatic rings. The summed E-state index contributed by atoms with van der Waals surface area (Å²) in [5.41, 5.74) is 2.69. The Labute approximate surface area is 189 Å². The SMILES string of the molecule is Cc1ccnc(NS(=O)(=O)c2ccc(NC(=O)c3sc(-c4ccccc4)nc3C)cc2)n1. The molecule has 162 valence electrons. The molecule has 2 aromatic heterocycles. The van der Waals surface area contributed by atoms with Gasteiger partial charge in [-0.3, -0.25) is 4.79 Å². The zero-order valence-corrected chi connectivity index (χ0v) is 18.9. The van der Waals surface area contributed by atoms with Crippen LogP contribution in [-0.4, -0.2) is 29.3 Å². The third kappa shape index (κ3) is 4.82. The highest BCUT2D eigenvalue weighted by atomic mass is 32.2. The maximum Gasteiger partial charge on any atom is 0.267 e. The lowest BCUT2D eigenvalue weighted by Gasteiger charge is -2.08. The maximum absolute atomic E-state index is 12.7. The number of rotatable bonds is 6. The fourth-order valence-corrected chi connectivity index (χ4v) is 4.81. The number of hydrogen-bond donors (Lipinski definition) is 2. The molecule has 2 heterocycles. The smallest absolute Gasteiger partial charge is 0.267 e. The minimum Gasteiger partial charge on any atom is -0.321 e. The lowest BCUT2D eigenvalue weighted by atomic mass is 10.2. The lowest BCUT2D eigenvalue weighted by Crippen LogP contribution is -2.15. The summed E-state index contributed by atoms with van der Waals surface area (Å²) in [6, 6.07) is 17.2. The Morgan fingerprint density at radius 3 is 2.34 bits per heavy atom. The second-order valence-corrected chi connectivity index (χ2v) is 9.59. The summed E-state index contributed by atoms with van der Waals surface area (Å²) in [6.07, 6.45) is 1.48. The Bertz CT molecular complexity index is 1370. The number of thiazole rings is 1. The molecule has 0 aliphatic heterocycles. The molecule has 2 aromatic carbocycles. The number of aryl methyl sites for hydroxylation is 2. The van der Waals surface area contributed by atoms with Gasteiger partial charge in [0.05, 0.1) is 10.6 Å². The van der Waals surface area contributed by atoms with Gasteiger partial charge in [0.1, 0.15) is 9.88 Å². The number of anilines is 2. The van der Waals surface area contributed by atoms with Crippen molar-refractivity contribution in [1.82, 2.24) is 15.0 Å². The molecule has 0 spiro atoms. The van der Waals surface area contributed by atoms with E-state index in [9.17, 15) is 13.2 Å². The van der Waals surface area contributed by atoms with Gasteiger partial charge in [-0.15, -0.1) is 11.3 Å². The van der Waals surface area contributed by atoms with Crippen molar-refractivity contribution in [2.75, 3.05) is 10.0 Å². The second kappa shape index (κ2) is 8.85. The number of nitrogens with zero attached hydrogens (tertiary/aromatic N) is 3. The van der Waals surface area contributed by atoms with E-state index in [0.717, 1.165) is 10.6 Å². The van der Waals surface area contributed by atoms with Crippen LogP contribution in [0.5, 0.6) is 0 Å². The number of benzene rings is 2. The van der Waals surface area contributed by atoms with Crippen LogP contribution in [-0.2, 0) is 10.0 Å². The number of amides is 1. The van der Waals surface area contributed by atoms with E-state index in [2.05, 4.69) is 25.0 Å². The first-order valence-corrected chi connectivity index (χ1v) is 11.9. The fraction of sp³-hybridized carbons (Fsp3) is 0.0909. The van der Waals surface area contributed by atoms with E-state index in [1.165, 1.54) is 41.8 Å². The zero-order chi connectivity index (χ0) is 22.7. The molecule has 0 atom stereocenters. The highest BCUT2D eigenvalue weighted by molar-refractivity contribution is 7.92. The number of hydrogen-bond acceptors (Lipinski definition) is 7. The van der Waals surface area contributed by atoms with Gasteiger partial charge in [-0.05, 0) is 44.2 Å². The van der Waals surface area contributed by atoms with Crippen LogP contribution >= 0.6 is 11.3 Å². The number of carbonyl (C=O) groups excluding carboxylic acids is 1. The van der Waals surface area contributed by atoms with E-state index in [0.29, 0.717) is 22.0 Å². The van der Waals surface area contributed by atoms with Crippen molar-refractivity contribution in [1.29, 1.82) is 0 Å². The van der Waals surface area contributed by atoms with E-state index < -0.39 is 10.0 Å². The van der Waals surface area contributed by atoms with E-state index in [-0.39, 0.29) is 16.8 Å². The summed E-state index contributed by atoms with van der Waals surface area (Å²) in [5.74, 6) is -0.304. The summed E-state index contributed by atoms with van der Waals surface area (Å²) in [6.45, 7) is 3.52. The third-order valence-corrected chi connectivity index (χ3v) is 7.02. The van der Waals surface area contributed by atoms with Crippen molar-refractivity contribution in [2.45, 2.75) is 18.7 Å². The first-order valence-electron chi connectivity index (χ1n) is 9.58. The van der Waals surface area contributed by atoms with Crippen LogP contribution in [0.1, 0.15) is 21.1 Å². The highest BCUT2D eigenvalue weighted by Crippen LogP contribution is 2.28. The Morgan fingerprint density at radius 2 is 1.66 bits per heavy atom. The molecule has 0 bridgehead atoms. The summed E-state index contributed by atoms with van der Waals surface area (Å²) in [5, 5.41) is 3.55.